The Morgan fingerprint density at radius 3 is 2.91 bits per heavy atom. The number of halogens is 1. The van der Waals surface area contributed by atoms with E-state index in [1.807, 2.05) is 38.1 Å². The zero-order chi connectivity index (χ0) is 22.2. The second-order valence-corrected chi connectivity index (χ2v) is 8.49. The fourth-order valence-electron chi connectivity index (χ4n) is 3.55. The zero-order valence-corrected chi connectivity index (χ0v) is 18.4. The summed E-state index contributed by atoms with van der Waals surface area (Å²) in [5.74, 6) is 2.48. The van der Waals surface area contributed by atoms with Crippen LogP contribution in [0.15, 0.2) is 41.3 Å². The highest BCUT2D eigenvalue weighted by Gasteiger charge is 2.22. The first-order valence-corrected chi connectivity index (χ1v) is 10.8. The van der Waals surface area contributed by atoms with Gasteiger partial charge < -0.3 is 15.0 Å². The lowest BCUT2D eigenvalue weighted by Crippen LogP contribution is -2.20. The van der Waals surface area contributed by atoms with Gasteiger partial charge in [-0.25, -0.2) is 4.98 Å². The predicted molar refractivity (Wildman–Crippen MR) is 122 cm³/mol. The van der Waals surface area contributed by atoms with Crippen LogP contribution in [-0.2, 0) is 0 Å². The molecule has 164 valence electrons. The number of hydrogen-bond donors (Lipinski definition) is 2. The number of tetrazole rings is 1. The summed E-state index contributed by atoms with van der Waals surface area (Å²) in [6.45, 7) is 4.38. The van der Waals surface area contributed by atoms with Crippen LogP contribution in [0.1, 0.15) is 37.2 Å². The van der Waals surface area contributed by atoms with E-state index in [-0.39, 0.29) is 11.6 Å². The third-order valence-corrected chi connectivity index (χ3v) is 5.84. The molecule has 0 aliphatic heterocycles. The van der Waals surface area contributed by atoms with Crippen molar-refractivity contribution in [2.24, 2.45) is 5.92 Å². The molecular formula is C22H22ClN7O2. The number of aromatic amines is 1. The van der Waals surface area contributed by atoms with Crippen LogP contribution >= 0.6 is 11.6 Å². The summed E-state index contributed by atoms with van der Waals surface area (Å²) >= 11 is 6.43. The molecule has 0 radical (unpaired) electrons. The number of benzene rings is 1. The van der Waals surface area contributed by atoms with Crippen molar-refractivity contribution in [2.75, 3.05) is 11.9 Å². The normalized spacial score (nSPS) is 14.5. The van der Waals surface area contributed by atoms with Gasteiger partial charge in [-0.2, -0.15) is 4.68 Å². The highest BCUT2D eigenvalue weighted by molar-refractivity contribution is 6.32. The SMILES string of the molecule is Cc1nnnn1-c1ccnc(N[C@@H](C)c2cc3cc(Cl)c(OCC4CC4)cc3[nH]c2=O)c1. The minimum absolute atomic E-state index is 0.180. The molecule has 5 rings (SSSR count). The highest BCUT2D eigenvalue weighted by Crippen LogP contribution is 2.34. The monoisotopic (exact) mass is 451 g/mol. The summed E-state index contributed by atoms with van der Waals surface area (Å²) < 4.78 is 7.44. The Kier molecular flexibility index (Phi) is 5.26. The fourth-order valence-corrected chi connectivity index (χ4v) is 3.77. The number of hydrogen-bond acceptors (Lipinski definition) is 7. The number of aryl methyl sites for hydroxylation is 1. The average Bonchev–Trinajstić information content (AvgIpc) is 3.50. The molecule has 1 aliphatic rings. The van der Waals surface area contributed by atoms with Gasteiger partial charge in [-0.3, -0.25) is 4.79 Å². The molecule has 4 aromatic rings. The number of ether oxygens (including phenoxy) is 1. The van der Waals surface area contributed by atoms with E-state index >= 15 is 0 Å². The molecule has 1 atom stereocenters. The minimum Gasteiger partial charge on any atom is -0.492 e. The van der Waals surface area contributed by atoms with Crippen LogP contribution in [0.2, 0.25) is 5.02 Å². The average molecular weight is 452 g/mol. The lowest BCUT2D eigenvalue weighted by atomic mass is 10.1. The molecule has 0 spiro atoms. The van der Waals surface area contributed by atoms with E-state index in [0.29, 0.717) is 46.0 Å². The summed E-state index contributed by atoms with van der Waals surface area (Å²) in [7, 11) is 0. The molecule has 32 heavy (non-hydrogen) atoms. The van der Waals surface area contributed by atoms with E-state index in [1.54, 1.807) is 16.9 Å². The van der Waals surface area contributed by atoms with Gasteiger partial charge in [0.1, 0.15) is 11.6 Å². The number of H-pyrrole nitrogens is 1. The van der Waals surface area contributed by atoms with Crippen molar-refractivity contribution in [1.29, 1.82) is 0 Å². The van der Waals surface area contributed by atoms with Crippen LogP contribution in [-0.4, -0.2) is 36.8 Å². The van der Waals surface area contributed by atoms with E-state index in [0.717, 1.165) is 11.1 Å². The molecule has 1 aromatic carbocycles. The van der Waals surface area contributed by atoms with Gasteiger partial charge in [-0.15, -0.1) is 5.10 Å². The van der Waals surface area contributed by atoms with Gasteiger partial charge in [0.2, 0.25) is 0 Å². The Bertz CT molecular complexity index is 1350. The van der Waals surface area contributed by atoms with Crippen molar-refractivity contribution in [1.82, 2.24) is 30.2 Å². The molecule has 0 bridgehead atoms. The van der Waals surface area contributed by atoms with Gasteiger partial charge in [-0.1, -0.05) is 11.6 Å². The van der Waals surface area contributed by atoms with Crippen LogP contribution < -0.4 is 15.6 Å². The number of anilines is 1. The first-order valence-electron chi connectivity index (χ1n) is 10.4. The summed E-state index contributed by atoms with van der Waals surface area (Å²) in [5.41, 5.74) is 1.86. The summed E-state index contributed by atoms with van der Waals surface area (Å²) in [6.07, 6.45) is 4.06. The van der Waals surface area contributed by atoms with Gasteiger partial charge >= 0.3 is 0 Å². The van der Waals surface area contributed by atoms with Crippen LogP contribution in [0.4, 0.5) is 5.82 Å². The molecule has 1 fully saturated rings. The second kappa shape index (κ2) is 8.23. The number of pyridine rings is 2. The predicted octanol–water partition coefficient (Wildman–Crippen LogP) is 3.82. The Morgan fingerprint density at radius 1 is 1.31 bits per heavy atom. The van der Waals surface area contributed by atoms with Crippen LogP contribution in [0.3, 0.4) is 0 Å². The van der Waals surface area contributed by atoms with Gasteiger partial charge in [0.25, 0.3) is 5.56 Å². The molecule has 3 aromatic heterocycles. The second-order valence-electron chi connectivity index (χ2n) is 8.08. The minimum atomic E-state index is -0.301. The van der Waals surface area contributed by atoms with Gasteiger partial charge in [0.05, 0.1) is 28.9 Å². The van der Waals surface area contributed by atoms with Gasteiger partial charge in [-0.05, 0) is 61.2 Å². The number of fused-ring (bicyclic) bond motifs is 1. The van der Waals surface area contributed by atoms with Crippen molar-refractivity contribution in [3.8, 4) is 11.4 Å². The number of nitrogens with zero attached hydrogens (tertiary/aromatic N) is 5. The van der Waals surface area contributed by atoms with E-state index in [1.165, 1.54) is 12.8 Å². The molecule has 9 nitrogen and oxygen atoms in total. The molecule has 0 unspecified atom stereocenters. The third-order valence-electron chi connectivity index (χ3n) is 5.54. The van der Waals surface area contributed by atoms with Crippen molar-refractivity contribution in [2.45, 2.75) is 32.7 Å². The summed E-state index contributed by atoms with van der Waals surface area (Å²) in [5, 5.41) is 16.2. The maximum atomic E-state index is 12.8. The molecular weight excluding hydrogens is 430 g/mol. The van der Waals surface area contributed by atoms with Gasteiger partial charge in [0.15, 0.2) is 5.82 Å². The number of nitrogens with one attached hydrogen (secondary N) is 2. The summed E-state index contributed by atoms with van der Waals surface area (Å²) in [4.78, 5) is 20.1. The van der Waals surface area contributed by atoms with E-state index in [9.17, 15) is 4.79 Å². The molecule has 0 saturated heterocycles. The maximum absolute atomic E-state index is 12.8. The van der Waals surface area contributed by atoms with E-state index in [2.05, 4.69) is 30.8 Å². The Balaban J connectivity index is 1.40. The topological polar surface area (TPSA) is 111 Å². The summed E-state index contributed by atoms with van der Waals surface area (Å²) in [6, 6.07) is 8.80. The first kappa shape index (κ1) is 20.4. The standard InChI is InChI=1S/C22H22ClN7O2/c1-12(25-21-9-16(5-6-24-21)30-13(2)27-28-29-30)17-7-15-8-18(23)20(32-11-14-3-4-14)10-19(15)26-22(17)31/h5-10,12,14H,3-4,11H2,1-2H3,(H,24,25)(H,26,31)/t12-/m0/s1. The van der Waals surface area contributed by atoms with Crippen molar-refractivity contribution >= 4 is 28.3 Å². The van der Waals surface area contributed by atoms with Crippen molar-refractivity contribution in [3.05, 3.63) is 63.3 Å². The molecule has 2 N–H and O–H groups in total. The lowest BCUT2D eigenvalue weighted by molar-refractivity contribution is 0.300. The first-order chi connectivity index (χ1) is 15.5. The Labute approximate surface area is 188 Å². The van der Waals surface area contributed by atoms with E-state index < -0.39 is 0 Å². The van der Waals surface area contributed by atoms with Crippen LogP contribution in [0.5, 0.6) is 5.75 Å². The highest BCUT2D eigenvalue weighted by atomic mass is 35.5. The smallest absolute Gasteiger partial charge is 0.253 e. The largest absolute Gasteiger partial charge is 0.492 e. The fraction of sp³-hybridized carbons (Fsp3) is 0.318. The molecule has 3 heterocycles. The lowest BCUT2D eigenvalue weighted by Gasteiger charge is -2.16. The Hall–Kier alpha value is -3.46. The van der Waals surface area contributed by atoms with Crippen LogP contribution in [0, 0.1) is 12.8 Å². The Morgan fingerprint density at radius 2 is 2.16 bits per heavy atom. The maximum Gasteiger partial charge on any atom is 0.253 e. The quantitative estimate of drug-likeness (QED) is 0.439. The van der Waals surface area contributed by atoms with Crippen molar-refractivity contribution in [3.63, 3.8) is 0 Å². The molecule has 10 heteroatoms. The number of rotatable bonds is 7. The molecule has 0 amide bonds. The molecule has 1 aliphatic carbocycles. The molecule has 1 saturated carbocycles. The van der Waals surface area contributed by atoms with E-state index in [4.69, 9.17) is 16.3 Å². The number of aromatic nitrogens is 6. The zero-order valence-electron chi connectivity index (χ0n) is 17.7. The van der Waals surface area contributed by atoms with Crippen molar-refractivity contribution < 1.29 is 4.74 Å². The third kappa shape index (κ3) is 4.16. The van der Waals surface area contributed by atoms with Gasteiger partial charge in [0, 0.05) is 29.3 Å². The van der Waals surface area contributed by atoms with Crippen LogP contribution in [0.25, 0.3) is 16.6 Å².